The van der Waals surface area contributed by atoms with Crippen LogP contribution in [0, 0.1) is 11.3 Å². The molecule has 0 atom stereocenters. The van der Waals surface area contributed by atoms with Gasteiger partial charge in [0.15, 0.2) is 0 Å². The average molecular weight is 399 g/mol. The highest BCUT2D eigenvalue weighted by Gasteiger charge is 2.40. The van der Waals surface area contributed by atoms with Crippen molar-refractivity contribution in [2.75, 3.05) is 32.8 Å². The SMILES string of the molecule is Cn1cc(CN2CCOC3(CCN(C(=O)Cc4cccs4)CC3)C2)cc1C#N. The zero-order chi connectivity index (χ0) is 19.6. The van der Waals surface area contributed by atoms with Gasteiger partial charge >= 0.3 is 0 Å². The number of morpholine rings is 1. The summed E-state index contributed by atoms with van der Waals surface area (Å²) in [5.41, 5.74) is 1.71. The first kappa shape index (κ1) is 19.2. The molecule has 2 aliphatic rings. The monoisotopic (exact) mass is 398 g/mol. The standard InChI is InChI=1S/C21H26N4O2S/c1-23-14-17(11-18(23)13-22)15-24-8-9-27-21(16-24)4-6-25(7-5-21)20(26)12-19-3-2-10-28-19/h2-3,10-11,14H,4-9,12,15-16H2,1H3. The van der Waals surface area contributed by atoms with Crippen molar-refractivity contribution < 1.29 is 9.53 Å². The maximum absolute atomic E-state index is 12.6. The Morgan fingerprint density at radius 1 is 1.36 bits per heavy atom. The number of rotatable bonds is 4. The molecule has 0 aromatic carbocycles. The van der Waals surface area contributed by atoms with Gasteiger partial charge in [0.25, 0.3) is 0 Å². The number of carbonyl (C=O) groups is 1. The van der Waals surface area contributed by atoms with Gasteiger partial charge in [-0.1, -0.05) is 6.07 Å². The fourth-order valence-corrected chi connectivity index (χ4v) is 4.98. The van der Waals surface area contributed by atoms with E-state index in [9.17, 15) is 4.79 Å². The molecule has 4 heterocycles. The Balaban J connectivity index is 1.33. The zero-order valence-electron chi connectivity index (χ0n) is 16.3. The molecule has 28 heavy (non-hydrogen) atoms. The summed E-state index contributed by atoms with van der Waals surface area (Å²) >= 11 is 1.64. The second-order valence-corrected chi connectivity index (χ2v) is 8.87. The molecule has 4 rings (SSSR count). The van der Waals surface area contributed by atoms with Crippen molar-refractivity contribution in [2.45, 2.75) is 31.4 Å². The van der Waals surface area contributed by atoms with Crippen molar-refractivity contribution >= 4 is 17.2 Å². The van der Waals surface area contributed by atoms with E-state index < -0.39 is 0 Å². The topological polar surface area (TPSA) is 61.5 Å². The van der Waals surface area contributed by atoms with E-state index in [0.29, 0.717) is 12.1 Å². The van der Waals surface area contributed by atoms with E-state index in [1.165, 1.54) is 5.56 Å². The van der Waals surface area contributed by atoms with E-state index in [2.05, 4.69) is 11.0 Å². The summed E-state index contributed by atoms with van der Waals surface area (Å²) in [6.07, 6.45) is 4.31. The predicted molar refractivity (Wildman–Crippen MR) is 108 cm³/mol. The van der Waals surface area contributed by atoms with Crippen LogP contribution < -0.4 is 0 Å². The first-order chi connectivity index (χ1) is 13.6. The lowest BCUT2D eigenvalue weighted by molar-refractivity contribution is -0.150. The van der Waals surface area contributed by atoms with E-state index in [4.69, 9.17) is 10.00 Å². The summed E-state index contributed by atoms with van der Waals surface area (Å²) in [5.74, 6) is 0.221. The minimum Gasteiger partial charge on any atom is -0.372 e. The second-order valence-electron chi connectivity index (χ2n) is 7.84. The van der Waals surface area contributed by atoms with Crippen molar-refractivity contribution in [3.8, 4) is 6.07 Å². The van der Waals surface area contributed by atoms with Crippen LogP contribution in [-0.2, 0) is 29.5 Å². The van der Waals surface area contributed by atoms with Crippen molar-refractivity contribution in [3.05, 3.63) is 45.9 Å². The molecule has 1 spiro atoms. The van der Waals surface area contributed by atoms with Crippen LogP contribution in [0.1, 0.15) is 29.0 Å². The smallest absolute Gasteiger partial charge is 0.227 e. The van der Waals surface area contributed by atoms with E-state index in [-0.39, 0.29) is 11.5 Å². The lowest BCUT2D eigenvalue weighted by Gasteiger charge is -2.47. The summed E-state index contributed by atoms with van der Waals surface area (Å²) in [6, 6.07) is 8.21. The fourth-order valence-electron chi connectivity index (χ4n) is 4.29. The summed E-state index contributed by atoms with van der Waals surface area (Å²) < 4.78 is 8.10. The number of aryl methyl sites for hydroxylation is 1. The van der Waals surface area contributed by atoms with Gasteiger partial charge in [-0.2, -0.15) is 5.26 Å². The Hall–Kier alpha value is -2.14. The van der Waals surface area contributed by atoms with Gasteiger partial charge in [0.1, 0.15) is 11.8 Å². The van der Waals surface area contributed by atoms with E-state index >= 15 is 0 Å². The zero-order valence-corrected chi connectivity index (χ0v) is 17.1. The minimum atomic E-state index is -0.148. The highest BCUT2D eigenvalue weighted by molar-refractivity contribution is 7.10. The number of carbonyl (C=O) groups excluding carboxylic acids is 1. The maximum Gasteiger partial charge on any atom is 0.227 e. The maximum atomic E-state index is 12.6. The van der Waals surface area contributed by atoms with Crippen molar-refractivity contribution in [2.24, 2.45) is 7.05 Å². The van der Waals surface area contributed by atoms with E-state index in [1.807, 2.05) is 46.3 Å². The van der Waals surface area contributed by atoms with Crippen molar-refractivity contribution in [3.63, 3.8) is 0 Å². The van der Waals surface area contributed by atoms with Gasteiger partial charge in [0.05, 0.1) is 18.6 Å². The van der Waals surface area contributed by atoms with Gasteiger partial charge in [-0.25, -0.2) is 0 Å². The molecular weight excluding hydrogens is 372 g/mol. The average Bonchev–Trinajstić information content (AvgIpc) is 3.31. The van der Waals surface area contributed by atoms with Crippen LogP contribution in [0.5, 0.6) is 0 Å². The second kappa shape index (κ2) is 8.08. The molecule has 148 valence electrons. The number of nitriles is 1. The fraction of sp³-hybridized carbons (Fsp3) is 0.524. The lowest BCUT2D eigenvalue weighted by Crippen LogP contribution is -2.57. The molecule has 0 saturated carbocycles. The number of likely N-dealkylation sites (tertiary alicyclic amines) is 1. The molecule has 0 unspecified atom stereocenters. The van der Waals surface area contributed by atoms with Gasteiger partial charge < -0.3 is 14.2 Å². The summed E-state index contributed by atoms with van der Waals surface area (Å²) in [7, 11) is 1.91. The molecule has 2 aromatic heterocycles. The Morgan fingerprint density at radius 3 is 2.86 bits per heavy atom. The van der Waals surface area contributed by atoms with Crippen molar-refractivity contribution in [1.29, 1.82) is 5.26 Å². The van der Waals surface area contributed by atoms with E-state index in [0.717, 1.165) is 57.0 Å². The summed E-state index contributed by atoms with van der Waals surface area (Å²) in [5, 5.41) is 11.2. The number of thiophene rings is 1. The molecule has 7 heteroatoms. The Bertz CT molecular complexity index is 860. The molecule has 2 saturated heterocycles. The van der Waals surface area contributed by atoms with Crippen LogP contribution in [0.2, 0.25) is 0 Å². The molecule has 0 N–H and O–H groups in total. The Morgan fingerprint density at radius 2 is 2.18 bits per heavy atom. The molecule has 2 fully saturated rings. The summed E-state index contributed by atoms with van der Waals surface area (Å²) in [4.78, 5) is 18.1. The van der Waals surface area contributed by atoms with Crippen molar-refractivity contribution in [1.82, 2.24) is 14.4 Å². The minimum absolute atomic E-state index is 0.148. The van der Waals surface area contributed by atoms with Gasteiger partial charge in [-0.15, -0.1) is 11.3 Å². The number of hydrogen-bond donors (Lipinski definition) is 0. The number of hydrogen-bond acceptors (Lipinski definition) is 5. The third-order valence-electron chi connectivity index (χ3n) is 5.84. The molecule has 2 aromatic rings. The van der Waals surface area contributed by atoms with Gasteiger partial charge in [-0.05, 0) is 35.9 Å². The van der Waals surface area contributed by atoms with Crippen LogP contribution >= 0.6 is 11.3 Å². The third kappa shape index (κ3) is 4.14. The molecule has 0 radical (unpaired) electrons. The van der Waals surface area contributed by atoms with Crippen LogP contribution in [0.15, 0.2) is 29.8 Å². The molecule has 0 bridgehead atoms. The van der Waals surface area contributed by atoms with Crippen LogP contribution in [0.4, 0.5) is 0 Å². The Kier molecular flexibility index (Phi) is 5.54. The summed E-state index contributed by atoms with van der Waals surface area (Å²) in [6.45, 7) is 4.88. The first-order valence-corrected chi connectivity index (χ1v) is 10.7. The number of aromatic nitrogens is 1. The van der Waals surface area contributed by atoms with Gasteiger partial charge in [-0.3, -0.25) is 9.69 Å². The van der Waals surface area contributed by atoms with Crippen LogP contribution in [0.25, 0.3) is 0 Å². The van der Waals surface area contributed by atoms with Gasteiger partial charge in [0, 0.05) is 50.8 Å². The molecular formula is C21H26N4O2S. The highest BCUT2D eigenvalue weighted by atomic mass is 32.1. The normalized spacial score (nSPS) is 19.6. The number of nitrogens with zero attached hydrogens (tertiary/aromatic N) is 4. The third-order valence-corrected chi connectivity index (χ3v) is 6.72. The van der Waals surface area contributed by atoms with E-state index in [1.54, 1.807) is 11.3 Å². The highest BCUT2D eigenvalue weighted by Crippen LogP contribution is 2.31. The molecule has 6 nitrogen and oxygen atoms in total. The first-order valence-electron chi connectivity index (χ1n) is 9.79. The largest absolute Gasteiger partial charge is 0.372 e. The van der Waals surface area contributed by atoms with Crippen LogP contribution in [-0.4, -0.2) is 58.7 Å². The lowest BCUT2D eigenvalue weighted by atomic mass is 9.89. The number of piperidine rings is 1. The molecule has 0 aliphatic carbocycles. The number of amides is 1. The quantitative estimate of drug-likeness (QED) is 0.793. The molecule has 2 aliphatic heterocycles. The molecule has 1 amide bonds. The predicted octanol–water partition coefficient (Wildman–Crippen LogP) is 2.39. The Labute approximate surface area is 169 Å². The van der Waals surface area contributed by atoms with Crippen LogP contribution in [0.3, 0.4) is 0 Å². The number of ether oxygens (including phenoxy) is 1. The van der Waals surface area contributed by atoms with Gasteiger partial charge in [0.2, 0.25) is 5.91 Å².